The van der Waals surface area contributed by atoms with E-state index in [0.717, 1.165) is 6.07 Å². The van der Waals surface area contributed by atoms with Gasteiger partial charge in [-0.05, 0) is 25.0 Å². The van der Waals surface area contributed by atoms with Gasteiger partial charge in [0.15, 0.2) is 5.65 Å². The van der Waals surface area contributed by atoms with Crippen LogP contribution in [-0.4, -0.2) is 31.5 Å². The van der Waals surface area contributed by atoms with E-state index >= 15 is 0 Å². The van der Waals surface area contributed by atoms with Crippen molar-refractivity contribution >= 4 is 51.9 Å². The lowest BCUT2D eigenvalue weighted by molar-refractivity contribution is -0.0361. The summed E-state index contributed by atoms with van der Waals surface area (Å²) in [6, 6.07) is 2.46. The van der Waals surface area contributed by atoms with Gasteiger partial charge in [-0.15, -0.1) is 0 Å². The monoisotopic (exact) mass is 444 g/mol. The third-order valence-corrected chi connectivity index (χ3v) is 5.42. The van der Waals surface area contributed by atoms with Crippen LogP contribution in [0, 0.1) is 5.82 Å². The number of rotatable bonds is 4. The van der Waals surface area contributed by atoms with Gasteiger partial charge in [-0.3, -0.25) is 4.57 Å². The highest BCUT2D eigenvalue weighted by molar-refractivity contribution is 6.36. The van der Waals surface area contributed by atoms with E-state index in [4.69, 9.17) is 23.2 Å². The molecule has 1 aliphatic carbocycles. The maximum atomic E-state index is 14.2. The van der Waals surface area contributed by atoms with E-state index in [1.165, 1.54) is 12.3 Å². The Kier molecular flexibility index (Phi) is 5.20. The van der Waals surface area contributed by atoms with Crippen LogP contribution in [-0.2, 0) is 7.05 Å². The van der Waals surface area contributed by atoms with E-state index < -0.39 is 11.7 Å². The van der Waals surface area contributed by atoms with Gasteiger partial charge in [0.2, 0.25) is 17.8 Å². The van der Waals surface area contributed by atoms with Crippen LogP contribution in [0.15, 0.2) is 18.3 Å². The Hall–Kier alpha value is -2.26. The van der Waals surface area contributed by atoms with E-state index in [-0.39, 0.29) is 34.6 Å². The van der Waals surface area contributed by atoms with Crippen LogP contribution in [0.4, 0.5) is 30.8 Å². The number of alkyl halides is 2. The molecule has 1 aliphatic rings. The number of fused-ring (bicyclic) bond motifs is 1. The van der Waals surface area contributed by atoms with Crippen LogP contribution in [0.25, 0.3) is 11.2 Å². The number of aromatic nitrogens is 4. The van der Waals surface area contributed by atoms with Crippen molar-refractivity contribution in [3.8, 4) is 0 Å². The average molecular weight is 445 g/mol. The van der Waals surface area contributed by atoms with E-state index in [0.29, 0.717) is 35.9 Å². The molecule has 0 spiro atoms. The summed E-state index contributed by atoms with van der Waals surface area (Å²) in [6.45, 7) is 0. The smallest absolute Gasteiger partial charge is 0.248 e. The van der Waals surface area contributed by atoms with E-state index in [1.54, 1.807) is 11.6 Å². The molecule has 1 aromatic carbocycles. The van der Waals surface area contributed by atoms with Crippen molar-refractivity contribution in [2.45, 2.75) is 37.6 Å². The Balaban J connectivity index is 1.57. The lowest BCUT2D eigenvalue weighted by Gasteiger charge is -2.28. The minimum absolute atomic E-state index is 0.0453. The Morgan fingerprint density at radius 3 is 2.59 bits per heavy atom. The fraction of sp³-hybridized carbons (Fsp3) is 0.389. The van der Waals surface area contributed by atoms with Crippen molar-refractivity contribution in [3.05, 3.63) is 34.2 Å². The summed E-state index contributed by atoms with van der Waals surface area (Å²) >= 11 is 11.9. The molecule has 0 unspecified atom stereocenters. The predicted octanol–water partition coefficient (Wildman–Crippen LogP) is 5.54. The summed E-state index contributed by atoms with van der Waals surface area (Å²) in [5.74, 6) is -2.56. The zero-order valence-corrected chi connectivity index (χ0v) is 16.8. The SMILES string of the molecule is Cn1c(Nc2c(F)cc(Cl)cc2Cl)nc2cnc(NC3CCC(F)(F)CC3)nc21. The Morgan fingerprint density at radius 1 is 1.17 bits per heavy atom. The van der Waals surface area contributed by atoms with Gasteiger partial charge in [0.05, 0.1) is 16.9 Å². The van der Waals surface area contributed by atoms with E-state index in [9.17, 15) is 13.2 Å². The standard InChI is InChI=1S/C18H17Cl2F3N6/c1-29-15-13(26-17(29)27-14-11(20)6-9(19)7-12(14)21)8-24-16(28-15)25-10-2-4-18(22,23)5-3-10/h6-8,10H,2-5H2,1H3,(H,26,27)(H,24,25,28). The highest BCUT2D eigenvalue weighted by atomic mass is 35.5. The van der Waals surface area contributed by atoms with E-state index in [1.807, 2.05) is 0 Å². The van der Waals surface area contributed by atoms with Crippen LogP contribution >= 0.6 is 23.2 Å². The Bertz CT molecular complexity index is 1040. The molecule has 3 aromatic rings. The average Bonchev–Trinajstić information content (AvgIpc) is 2.95. The van der Waals surface area contributed by atoms with Crippen LogP contribution < -0.4 is 10.6 Å². The van der Waals surface area contributed by atoms with Crippen LogP contribution in [0.1, 0.15) is 25.7 Å². The molecule has 1 saturated carbocycles. The van der Waals surface area contributed by atoms with Crippen molar-refractivity contribution < 1.29 is 13.2 Å². The van der Waals surface area contributed by atoms with Crippen LogP contribution in [0.2, 0.25) is 10.0 Å². The lowest BCUT2D eigenvalue weighted by atomic mass is 9.92. The molecule has 0 saturated heterocycles. The van der Waals surface area contributed by atoms with Gasteiger partial charge in [0.25, 0.3) is 0 Å². The highest BCUT2D eigenvalue weighted by Gasteiger charge is 2.35. The van der Waals surface area contributed by atoms with Crippen molar-refractivity contribution in [2.75, 3.05) is 10.6 Å². The number of nitrogens with one attached hydrogen (secondary N) is 2. The highest BCUT2D eigenvalue weighted by Crippen LogP contribution is 2.34. The van der Waals surface area contributed by atoms with Gasteiger partial charge in [-0.2, -0.15) is 4.98 Å². The number of aryl methyl sites for hydroxylation is 1. The molecule has 154 valence electrons. The zero-order valence-electron chi connectivity index (χ0n) is 15.3. The molecule has 11 heteroatoms. The van der Waals surface area contributed by atoms with E-state index in [2.05, 4.69) is 25.6 Å². The lowest BCUT2D eigenvalue weighted by Crippen LogP contribution is -2.32. The third-order valence-electron chi connectivity index (χ3n) is 4.91. The first-order valence-corrected chi connectivity index (χ1v) is 9.73. The quantitative estimate of drug-likeness (QED) is 0.552. The molecule has 0 bridgehead atoms. The largest absolute Gasteiger partial charge is 0.351 e. The first kappa shape index (κ1) is 20.0. The molecule has 1 fully saturated rings. The van der Waals surface area contributed by atoms with Gasteiger partial charge in [-0.25, -0.2) is 23.1 Å². The minimum Gasteiger partial charge on any atom is -0.351 e. The second-order valence-electron chi connectivity index (χ2n) is 7.04. The molecule has 0 aliphatic heterocycles. The number of anilines is 3. The molecular formula is C18H17Cl2F3N6. The van der Waals surface area contributed by atoms with Crippen molar-refractivity contribution in [2.24, 2.45) is 7.05 Å². The van der Waals surface area contributed by atoms with Gasteiger partial charge >= 0.3 is 0 Å². The van der Waals surface area contributed by atoms with Crippen molar-refractivity contribution in [1.29, 1.82) is 0 Å². The summed E-state index contributed by atoms with van der Waals surface area (Å²) in [4.78, 5) is 13.0. The molecule has 29 heavy (non-hydrogen) atoms. The summed E-state index contributed by atoms with van der Waals surface area (Å²) in [5, 5.41) is 6.26. The molecule has 6 nitrogen and oxygen atoms in total. The molecule has 0 amide bonds. The molecule has 2 aromatic heterocycles. The normalized spacial score (nSPS) is 16.9. The fourth-order valence-corrected chi connectivity index (χ4v) is 3.82. The fourth-order valence-electron chi connectivity index (χ4n) is 3.30. The number of hydrogen-bond donors (Lipinski definition) is 2. The molecule has 0 radical (unpaired) electrons. The first-order chi connectivity index (χ1) is 13.7. The topological polar surface area (TPSA) is 67.7 Å². The maximum absolute atomic E-state index is 14.2. The minimum atomic E-state index is -2.59. The number of halogens is 5. The number of benzene rings is 1. The Morgan fingerprint density at radius 2 is 1.90 bits per heavy atom. The number of nitrogens with zero attached hydrogens (tertiary/aromatic N) is 4. The summed E-state index contributed by atoms with van der Waals surface area (Å²) in [5.41, 5.74) is 1.03. The molecule has 0 atom stereocenters. The second-order valence-corrected chi connectivity index (χ2v) is 7.88. The molecular weight excluding hydrogens is 428 g/mol. The molecule has 2 N–H and O–H groups in total. The van der Waals surface area contributed by atoms with Gasteiger partial charge in [0.1, 0.15) is 11.3 Å². The summed E-state index contributed by atoms with van der Waals surface area (Å²) < 4.78 is 42.5. The van der Waals surface area contributed by atoms with Crippen molar-refractivity contribution in [3.63, 3.8) is 0 Å². The first-order valence-electron chi connectivity index (χ1n) is 8.97. The summed E-state index contributed by atoms with van der Waals surface area (Å²) in [6.07, 6.45) is 1.91. The predicted molar refractivity (Wildman–Crippen MR) is 107 cm³/mol. The van der Waals surface area contributed by atoms with Crippen LogP contribution in [0.5, 0.6) is 0 Å². The van der Waals surface area contributed by atoms with Crippen molar-refractivity contribution in [1.82, 2.24) is 19.5 Å². The van der Waals surface area contributed by atoms with Gasteiger partial charge < -0.3 is 10.6 Å². The number of imidazole rings is 1. The second kappa shape index (κ2) is 7.53. The third kappa shape index (κ3) is 4.20. The van der Waals surface area contributed by atoms with Gasteiger partial charge in [0, 0.05) is 31.0 Å². The molecule has 2 heterocycles. The summed E-state index contributed by atoms with van der Waals surface area (Å²) in [7, 11) is 1.71. The zero-order chi connectivity index (χ0) is 20.8. The van der Waals surface area contributed by atoms with Gasteiger partial charge in [-0.1, -0.05) is 23.2 Å². The molecule has 4 rings (SSSR count). The van der Waals surface area contributed by atoms with Crippen LogP contribution in [0.3, 0.4) is 0 Å². The number of hydrogen-bond acceptors (Lipinski definition) is 5. The Labute approximate surface area is 174 Å². The maximum Gasteiger partial charge on any atom is 0.248 e.